The van der Waals surface area contributed by atoms with E-state index in [1.165, 1.54) is 23.4 Å². The Balaban J connectivity index is 1.87. The Morgan fingerprint density at radius 1 is 1.17 bits per heavy atom. The molecule has 5 nitrogen and oxygen atoms in total. The number of halogens is 3. The van der Waals surface area contributed by atoms with E-state index in [0.717, 1.165) is 12.7 Å². The molecule has 0 unspecified atom stereocenters. The Kier molecular flexibility index (Phi) is 5.76. The monoisotopic (exact) mass is 548 g/mol. The SMILES string of the molecule is Fc1ccccc1COc1c(I)cc(I)cc1/C=N\n1cnnc1. The van der Waals surface area contributed by atoms with Crippen LogP contribution in [0.25, 0.3) is 0 Å². The average Bonchev–Trinajstić information content (AvgIpc) is 3.06. The number of benzene rings is 2. The van der Waals surface area contributed by atoms with Gasteiger partial charge in [0.2, 0.25) is 0 Å². The second-order valence-corrected chi connectivity index (χ2v) is 7.18. The molecule has 8 heteroatoms. The number of ether oxygens (including phenoxy) is 1. The van der Waals surface area contributed by atoms with Gasteiger partial charge in [0, 0.05) is 14.7 Å². The smallest absolute Gasteiger partial charge is 0.142 e. The van der Waals surface area contributed by atoms with Gasteiger partial charge in [-0.2, -0.15) is 5.10 Å². The largest absolute Gasteiger partial charge is 0.487 e. The first kappa shape index (κ1) is 17.3. The van der Waals surface area contributed by atoms with Crippen molar-refractivity contribution in [1.29, 1.82) is 0 Å². The summed E-state index contributed by atoms with van der Waals surface area (Å²) < 4.78 is 23.1. The summed E-state index contributed by atoms with van der Waals surface area (Å²) >= 11 is 4.43. The van der Waals surface area contributed by atoms with Crippen LogP contribution in [0.1, 0.15) is 11.1 Å². The summed E-state index contributed by atoms with van der Waals surface area (Å²) in [6.45, 7) is 0.150. The zero-order valence-corrected chi connectivity index (χ0v) is 16.5. The minimum atomic E-state index is -0.280. The van der Waals surface area contributed by atoms with Crippen LogP contribution in [0.2, 0.25) is 0 Å². The maximum atomic E-state index is 13.8. The standard InChI is InChI=1S/C16H11FI2N4O/c17-14-4-2-1-3-11(14)8-24-16-12(5-13(18)6-15(16)19)7-22-23-9-20-21-10-23/h1-7,9-10H,8H2/b22-7-. The molecular formula is C16H11FI2N4O. The summed E-state index contributed by atoms with van der Waals surface area (Å²) in [6.07, 6.45) is 4.66. The molecular weight excluding hydrogens is 537 g/mol. The molecule has 2 aromatic carbocycles. The molecule has 0 saturated carbocycles. The number of nitrogens with zero attached hydrogens (tertiary/aromatic N) is 4. The quantitative estimate of drug-likeness (QED) is 0.357. The third kappa shape index (κ3) is 4.29. The van der Waals surface area contributed by atoms with Gasteiger partial charge in [-0.05, 0) is 63.4 Å². The number of rotatable bonds is 5. The minimum absolute atomic E-state index is 0.150. The maximum absolute atomic E-state index is 13.8. The maximum Gasteiger partial charge on any atom is 0.142 e. The Morgan fingerprint density at radius 3 is 2.67 bits per heavy atom. The van der Waals surface area contributed by atoms with Crippen molar-refractivity contribution in [1.82, 2.24) is 14.9 Å². The average molecular weight is 548 g/mol. The second-order valence-electron chi connectivity index (χ2n) is 4.77. The van der Waals surface area contributed by atoms with Gasteiger partial charge in [-0.1, -0.05) is 18.2 Å². The van der Waals surface area contributed by atoms with Gasteiger partial charge in [0.05, 0.1) is 9.78 Å². The van der Waals surface area contributed by atoms with Gasteiger partial charge >= 0.3 is 0 Å². The van der Waals surface area contributed by atoms with Gasteiger partial charge in [-0.3, -0.25) is 0 Å². The molecule has 1 heterocycles. The highest BCUT2D eigenvalue weighted by Crippen LogP contribution is 2.28. The zero-order valence-electron chi connectivity index (χ0n) is 12.2. The number of hydrogen-bond acceptors (Lipinski definition) is 4. The Morgan fingerprint density at radius 2 is 1.92 bits per heavy atom. The van der Waals surface area contributed by atoms with Crippen LogP contribution in [0.5, 0.6) is 5.75 Å². The van der Waals surface area contributed by atoms with Crippen LogP contribution in [-0.4, -0.2) is 21.1 Å². The van der Waals surface area contributed by atoms with E-state index in [4.69, 9.17) is 4.74 Å². The summed E-state index contributed by atoms with van der Waals surface area (Å²) in [5.74, 6) is 0.383. The molecule has 3 rings (SSSR count). The van der Waals surface area contributed by atoms with Crippen LogP contribution in [0.4, 0.5) is 4.39 Å². The molecule has 24 heavy (non-hydrogen) atoms. The van der Waals surface area contributed by atoms with Crippen LogP contribution >= 0.6 is 45.2 Å². The van der Waals surface area contributed by atoms with E-state index >= 15 is 0 Å². The summed E-state index contributed by atoms with van der Waals surface area (Å²) in [7, 11) is 0. The molecule has 0 radical (unpaired) electrons. The van der Waals surface area contributed by atoms with Crippen LogP contribution in [0, 0.1) is 13.0 Å². The van der Waals surface area contributed by atoms with E-state index in [-0.39, 0.29) is 12.4 Å². The highest BCUT2D eigenvalue weighted by atomic mass is 127. The lowest BCUT2D eigenvalue weighted by Gasteiger charge is -2.12. The fraction of sp³-hybridized carbons (Fsp3) is 0.0625. The van der Waals surface area contributed by atoms with E-state index in [2.05, 4.69) is 60.5 Å². The Hall–Kier alpha value is -1.56. The molecule has 0 atom stereocenters. The van der Waals surface area contributed by atoms with Crippen molar-refractivity contribution >= 4 is 51.4 Å². The lowest BCUT2D eigenvalue weighted by atomic mass is 10.2. The molecule has 0 aliphatic carbocycles. The zero-order chi connectivity index (χ0) is 16.9. The normalized spacial score (nSPS) is 11.1. The van der Waals surface area contributed by atoms with Gasteiger partial charge < -0.3 is 4.74 Å². The molecule has 0 fully saturated rings. The molecule has 0 bridgehead atoms. The van der Waals surface area contributed by atoms with Crippen molar-refractivity contribution in [3.63, 3.8) is 0 Å². The Bertz CT molecular complexity index is 869. The van der Waals surface area contributed by atoms with Crippen LogP contribution in [0.15, 0.2) is 54.2 Å². The first-order valence-electron chi connectivity index (χ1n) is 6.88. The first-order chi connectivity index (χ1) is 11.6. The molecule has 122 valence electrons. The van der Waals surface area contributed by atoms with Gasteiger partial charge in [0.1, 0.15) is 30.8 Å². The predicted molar refractivity (Wildman–Crippen MR) is 106 cm³/mol. The number of aromatic nitrogens is 3. The lowest BCUT2D eigenvalue weighted by Crippen LogP contribution is -2.03. The van der Waals surface area contributed by atoms with Crippen molar-refractivity contribution in [3.05, 3.63) is 73.1 Å². The van der Waals surface area contributed by atoms with Crippen LogP contribution < -0.4 is 4.74 Å². The summed E-state index contributed by atoms with van der Waals surface area (Å²) in [4.78, 5) is 0. The van der Waals surface area contributed by atoms with Crippen molar-refractivity contribution in [2.75, 3.05) is 0 Å². The van der Waals surface area contributed by atoms with E-state index < -0.39 is 0 Å². The summed E-state index contributed by atoms with van der Waals surface area (Å²) in [6, 6.07) is 10.5. The molecule has 0 spiro atoms. The fourth-order valence-electron chi connectivity index (χ4n) is 1.98. The third-order valence-corrected chi connectivity index (χ3v) is 4.53. The van der Waals surface area contributed by atoms with Gasteiger partial charge in [-0.15, -0.1) is 10.2 Å². The summed E-state index contributed by atoms with van der Waals surface area (Å²) in [5, 5.41) is 11.7. The predicted octanol–water partition coefficient (Wildman–Crippen LogP) is 4.09. The van der Waals surface area contributed by atoms with Crippen molar-refractivity contribution in [2.45, 2.75) is 6.61 Å². The number of hydrogen-bond donors (Lipinski definition) is 0. The highest BCUT2D eigenvalue weighted by molar-refractivity contribution is 14.1. The second kappa shape index (κ2) is 8.01. The summed E-state index contributed by atoms with van der Waals surface area (Å²) in [5.41, 5.74) is 1.31. The van der Waals surface area contributed by atoms with Gasteiger partial charge in [-0.25, -0.2) is 9.07 Å². The fourth-order valence-corrected chi connectivity index (χ4v) is 4.02. The Labute approximate surface area is 165 Å². The third-order valence-electron chi connectivity index (χ3n) is 3.10. The van der Waals surface area contributed by atoms with E-state index in [1.807, 2.05) is 12.1 Å². The topological polar surface area (TPSA) is 52.3 Å². The van der Waals surface area contributed by atoms with E-state index in [1.54, 1.807) is 24.4 Å². The molecule has 0 amide bonds. The van der Waals surface area contributed by atoms with Crippen molar-refractivity contribution in [2.24, 2.45) is 5.10 Å². The molecule has 0 saturated heterocycles. The van der Waals surface area contributed by atoms with Gasteiger partial charge in [0.15, 0.2) is 0 Å². The highest BCUT2D eigenvalue weighted by Gasteiger charge is 2.11. The lowest BCUT2D eigenvalue weighted by molar-refractivity contribution is 0.297. The van der Waals surface area contributed by atoms with Crippen molar-refractivity contribution < 1.29 is 9.13 Å². The molecule has 0 aliphatic heterocycles. The van der Waals surface area contributed by atoms with E-state index in [9.17, 15) is 4.39 Å². The minimum Gasteiger partial charge on any atom is -0.487 e. The first-order valence-corrected chi connectivity index (χ1v) is 9.03. The van der Waals surface area contributed by atoms with Crippen LogP contribution in [-0.2, 0) is 6.61 Å². The molecule has 0 N–H and O–H groups in total. The van der Waals surface area contributed by atoms with Crippen LogP contribution in [0.3, 0.4) is 0 Å². The molecule has 0 aliphatic rings. The van der Waals surface area contributed by atoms with Crippen molar-refractivity contribution in [3.8, 4) is 5.75 Å². The van der Waals surface area contributed by atoms with Gasteiger partial charge in [0.25, 0.3) is 0 Å². The molecule has 3 aromatic rings. The molecule has 1 aromatic heterocycles. The van der Waals surface area contributed by atoms with E-state index in [0.29, 0.717) is 11.3 Å².